The highest BCUT2D eigenvalue weighted by atomic mass is 35.5. The maximum atomic E-state index is 12.1. The molecule has 0 saturated carbocycles. The molecule has 1 aliphatic rings. The SMILES string of the molecule is O=C(O)c1ccc(-c2c(Cl)c(Cl)cc3c2C(=O)NC3=O)c(C(=O)O)c1. The van der Waals surface area contributed by atoms with Gasteiger partial charge in [0.05, 0.1) is 32.3 Å². The number of carbonyl (C=O) groups is 4. The van der Waals surface area contributed by atoms with Crippen LogP contribution in [0.3, 0.4) is 0 Å². The molecule has 3 rings (SSSR count). The van der Waals surface area contributed by atoms with E-state index in [1.165, 1.54) is 18.2 Å². The molecule has 0 aromatic heterocycles. The summed E-state index contributed by atoms with van der Waals surface area (Å²) in [7, 11) is 0. The van der Waals surface area contributed by atoms with Gasteiger partial charge in [0.1, 0.15) is 0 Å². The van der Waals surface area contributed by atoms with Gasteiger partial charge in [-0.05, 0) is 23.8 Å². The van der Waals surface area contributed by atoms with Crippen LogP contribution in [0.5, 0.6) is 0 Å². The van der Waals surface area contributed by atoms with Crippen LogP contribution in [0.4, 0.5) is 0 Å². The molecule has 2 aromatic carbocycles. The first-order valence-electron chi connectivity index (χ1n) is 6.71. The monoisotopic (exact) mass is 379 g/mol. The van der Waals surface area contributed by atoms with E-state index in [2.05, 4.69) is 5.32 Å². The van der Waals surface area contributed by atoms with E-state index in [1.54, 1.807) is 0 Å². The highest BCUT2D eigenvalue weighted by Crippen LogP contribution is 2.41. The van der Waals surface area contributed by atoms with Crippen molar-refractivity contribution in [3.8, 4) is 11.1 Å². The first kappa shape index (κ1) is 16.9. The molecule has 7 nitrogen and oxygen atoms in total. The molecule has 0 fully saturated rings. The molecule has 9 heteroatoms. The number of rotatable bonds is 3. The lowest BCUT2D eigenvalue weighted by Crippen LogP contribution is -2.20. The van der Waals surface area contributed by atoms with Crippen LogP contribution in [0.25, 0.3) is 11.1 Å². The normalized spacial score (nSPS) is 12.7. The van der Waals surface area contributed by atoms with Gasteiger partial charge in [0.15, 0.2) is 0 Å². The Bertz CT molecular complexity index is 999. The molecule has 1 heterocycles. The van der Waals surface area contributed by atoms with Gasteiger partial charge in [-0.15, -0.1) is 0 Å². The number of aromatic carboxylic acids is 2. The molecular weight excluding hydrogens is 373 g/mol. The van der Waals surface area contributed by atoms with E-state index in [4.69, 9.17) is 28.3 Å². The Kier molecular flexibility index (Phi) is 3.98. The number of halogens is 2. The summed E-state index contributed by atoms with van der Waals surface area (Å²) in [5.41, 5.74) is -0.846. The number of nitrogens with one attached hydrogen (secondary N) is 1. The van der Waals surface area contributed by atoms with Gasteiger partial charge in [-0.3, -0.25) is 14.9 Å². The Hall–Kier alpha value is -2.90. The lowest BCUT2D eigenvalue weighted by molar-refractivity contribution is 0.0696. The molecule has 0 unspecified atom stereocenters. The topological polar surface area (TPSA) is 121 Å². The van der Waals surface area contributed by atoms with Gasteiger partial charge in [-0.2, -0.15) is 0 Å². The van der Waals surface area contributed by atoms with E-state index >= 15 is 0 Å². The smallest absolute Gasteiger partial charge is 0.336 e. The van der Waals surface area contributed by atoms with Gasteiger partial charge in [0, 0.05) is 5.56 Å². The zero-order valence-electron chi connectivity index (χ0n) is 12.1. The standard InChI is InChI=1S/C16H7Cl2NO6/c17-9-4-8-11(14(21)19-13(8)20)10(12(9)18)6-2-1-5(15(22)23)3-7(6)16(24)25/h1-4H,(H,22,23)(H,24,25)(H,19,20,21). The van der Waals surface area contributed by atoms with Crippen molar-refractivity contribution in [3.05, 3.63) is 56.6 Å². The minimum Gasteiger partial charge on any atom is -0.478 e. The molecule has 0 aliphatic carbocycles. The van der Waals surface area contributed by atoms with E-state index in [0.29, 0.717) is 0 Å². The van der Waals surface area contributed by atoms with E-state index in [1.807, 2.05) is 0 Å². The number of carboxylic acids is 2. The van der Waals surface area contributed by atoms with Gasteiger partial charge >= 0.3 is 11.9 Å². The highest BCUT2D eigenvalue weighted by molar-refractivity contribution is 6.45. The van der Waals surface area contributed by atoms with Gasteiger partial charge in [-0.25, -0.2) is 9.59 Å². The van der Waals surface area contributed by atoms with Crippen LogP contribution in [0, 0.1) is 0 Å². The number of hydrogen-bond donors (Lipinski definition) is 3. The van der Waals surface area contributed by atoms with Crippen LogP contribution in [-0.2, 0) is 0 Å². The Morgan fingerprint density at radius 1 is 0.880 bits per heavy atom. The zero-order valence-corrected chi connectivity index (χ0v) is 13.6. The van der Waals surface area contributed by atoms with E-state index < -0.39 is 29.3 Å². The summed E-state index contributed by atoms with van der Waals surface area (Å²) in [4.78, 5) is 46.6. The molecule has 126 valence electrons. The second kappa shape index (κ2) is 5.87. The zero-order chi connectivity index (χ0) is 18.5. The number of hydrogen-bond acceptors (Lipinski definition) is 4. The molecule has 0 saturated heterocycles. The number of benzene rings is 2. The fourth-order valence-electron chi connectivity index (χ4n) is 2.60. The molecule has 0 bridgehead atoms. The lowest BCUT2D eigenvalue weighted by Gasteiger charge is -2.13. The summed E-state index contributed by atoms with van der Waals surface area (Å²) in [6.07, 6.45) is 0. The molecule has 25 heavy (non-hydrogen) atoms. The summed E-state index contributed by atoms with van der Waals surface area (Å²) >= 11 is 12.2. The average molecular weight is 380 g/mol. The predicted octanol–water partition coefficient (Wildman–Crippen LogP) is 2.94. The van der Waals surface area contributed by atoms with E-state index in [9.17, 15) is 24.3 Å². The molecule has 0 spiro atoms. The second-order valence-electron chi connectivity index (χ2n) is 5.12. The maximum Gasteiger partial charge on any atom is 0.336 e. The average Bonchev–Trinajstić information content (AvgIpc) is 2.82. The van der Waals surface area contributed by atoms with Crippen molar-refractivity contribution in [3.63, 3.8) is 0 Å². The van der Waals surface area contributed by atoms with Gasteiger partial charge in [-0.1, -0.05) is 29.3 Å². The van der Waals surface area contributed by atoms with Crippen LogP contribution in [0.1, 0.15) is 41.4 Å². The van der Waals surface area contributed by atoms with Crippen molar-refractivity contribution >= 4 is 47.0 Å². The molecule has 1 aliphatic heterocycles. The third kappa shape index (κ3) is 2.63. The third-order valence-corrected chi connectivity index (χ3v) is 4.47. The highest BCUT2D eigenvalue weighted by Gasteiger charge is 2.34. The Morgan fingerprint density at radius 3 is 2.16 bits per heavy atom. The lowest BCUT2D eigenvalue weighted by atomic mass is 9.92. The predicted molar refractivity (Wildman–Crippen MR) is 87.6 cm³/mol. The molecule has 3 N–H and O–H groups in total. The first-order chi connectivity index (χ1) is 11.7. The summed E-state index contributed by atoms with van der Waals surface area (Å²) in [6.45, 7) is 0. The van der Waals surface area contributed by atoms with Crippen molar-refractivity contribution in [2.24, 2.45) is 0 Å². The van der Waals surface area contributed by atoms with Crippen molar-refractivity contribution in [2.75, 3.05) is 0 Å². The Labute approximate surface area is 149 Å². The van der Waals surface area contributed by atoms with Crippen molar-refractivity contribution < 1.29 is 29.4 Å². The Morgan fingerprint density at radius 2 is 1.56 bits per heavy atom. The van der Waals surface area contributed by atoms with Crippen molar-refractivity contribution in [2.45, 2.75) is 0 Å². The van der Waals surface area contributed by atoms with Crippen LogP contribution < -0.4 is 5.32 Å². The minimum absolute atomic E-state index is 0.0221. The quantitative estimate of drug-likeness (QED) is 0.704. The van der Waals surface area contributed by atoms with Crippen LogP contribution in [-0.4, -0.2) is 34.0 Å². The van der Waals surface area contributed by atoms with E-state index in [0.717, 1.165) is 6.07 Å². The number of imide groups is 1. The fourth-order valence-corrected chi connectivity index (χ4v) is 3.05. The number of fused-ring (bicyclic) bond motifs is 1. The van der Waals surface area contributed by atoms with Gasteiger partial charge in [0.2, 0.25) is 0 Å². The fraction of sp³-hybridized carbons (Fsp3) is 0. The summed E-state index contributed by atoms with van der Waals surface area (Å²) in [6, 6.07) is 4.54. The molecule has 2 aromatic rings. The molecule has 0 radical (unpaired) electrons. The minimum atomic E-state index is -1.42. The summed E-state index contributed by atoms with van der Waals surface area (Å²) in [5, 5.41) is 20.4. The van der Waals surface area contributed by atoms with Crippen LogP contribution in [0.15, 0.2) is 24.3 Å². The number of amides is 2. The van der Waals surface area contributed by atoms with Crippen molar-refractivity contribution in [1.82, 2.24) is 5.32 Å². The summed E-state index contributed by atoms with van der Waals surface area (Å²) in [5.74, 6) is -4.16. The molecule has 0 atom stereocenters. The number of carboxylic acid groups (broad SMARTS) is 2. The number of carbonyl (C=O) groups excluding carboxylic acids is 2. The van der Waals surface area contributed by atoms with E-state index in [-0.39, 0.29) is 37.9 Å². The maximum absolute atomic E-state index is 12.1. The van der Waals surface area contributed by atoms with Crippen LogP contribution >= 0.6 is 23.2 Å². The third-order valence-electron chi connectivity index (χ3n) is 3.68. The largest absolute Gasteiger partial charge is 0.478 e. The van der Waals surface area contributed by atoms with Crippen molar-refractivity contribution in [1.29, 1.82) is 0 Å². The Balaban J connectivity index is 2.41. The second-order valence-corrected chi connectivity index (χ2v) is 5.91. The van der Waals surface area contributed by atoms with Gasteiger partial charge in [0.25, 0.3) is 11.8 Å². The molecular formula is C16H7Cl2NO6. The van der Waals surface area contributed by atoms with Crippen LogP contribution in [0.2, 0.25) is 10.0 Å². The summed E-state index contributed by atoms with van der Waals surface area (Å²) < 4.78 is 0. The van der Waals surface area contributed by atoms with Gasteiger partial charge < -0.3 is 10.2 Å². The first-order valence-corrected chi connectivity index (χ1v) is 7.46. The molecule has 2 amide bonds.